The quantitative estimate of drug-likeness (QED) is 0.360. The standard InChI is InChI=1S/C28H33N3O2S.C4H4O4/c1-30-19-25(16-29-30)34(32,33)12-11-21-7-8-22-9-10-28(31-17-23-15-24(23)18-31)27(26(22)13-21)14-20-5-3-2-4-6-20;5-3(6)1-2-4(7)8/h2-8,13,16,19,23-24,27-28H,9-12,14-15,17-18H2,1H3;1-2H,(H,5,6)(H,7,8)/b;2-1+. The highest BCUT2D eigenvalue weighted by atomic mass is 32.2. The molecule has 1 saturated heterocycles. The third-order valence-electron chi connectivity index (χ3n) is 8.63. The second-order valence-corrected chi connectivity index (χ2v) is 13.7. The number of sulfone groups is 1. The first kappa shape index (κ1) is 29.7. The summed E-state index contributed by atoms with van der Waals surface area (Å²) >= 11 is 0. The van der Waals surface area contributed by atoms with Gasteiger partial charge < -0.3 is 10.2 Å². The second-order valence-electron chi connectivity index (χ2n) is 11.6. The number of carbonyl (C=O) groups is 2. The maximum absolute atomic E-state index is 12.8. The summed E-state index contributed by atoms with van der Waals surface area (Å²) in [6.45, 7) is 2.53. The molecule has 6 rings (SSSR count). The molecule has 2 heterocycles. The number of nitrogens with zero attached hydrogens (tertiary/aromatic N) is 3. The molecule has 4 atom stereocenters. The van der Waals surface area contributed by atoms with Gasteiger partial charge in [0.1, 0.15) is 4.90 Å². The van der Waals surface area contributed by atoms with E-state index in [2.05, 4.69) is 58.5 Å². The molecule has 4 unspecified atom stereocenters. The van der Waals surface area contributed by atoms with Crippen molar-refractivity contribution in [3.8, 4) is 0 Å². The van der Waals surface area contributed by atoms with Crippen LogP contribution in [0.4, 0.5) is 0 Å². The summed E-state index contributed by atoms with van der Waals surface area (Å²) in [4.78, 5) is 22.2. The Morgan fingerprint density at radius 1 is 1.00 bits per heavy atom. The van der Waals surface area contributed by atoms with Crippen LogP contribution in [0.25, 0.3) is 0 Å². The molecule has 222 valence electrons. The number of piperidine rings is 1. The fourth-order valence-corrected chi connectivity index (χ4v) is 7.67. The second kappa shape index (κ2) is 12.6. The van der Waals surface area contributed by atoms with Gasteiger partial charge in [-0.3, -0.25) is 9.58 Å². The third kappa shape index (κ3) is 7.35. The Hall–Kier alpha value is -3.76. The van der Waals surface area contributed by atoms with E-state index in [0.29, 0.717) is 35.4 Å². The molecule has 42 heavy (non-hydrogen) atoms. The number of aryl methyl sites for hydroxylation is 3. The molecular formula is C32H37N3O6S. The van der Waals surface area contributed by atoms with E-state index < -0.39 is 21.8 Å². The Morgan fingerprint density at radius 3 is 2.31 bits per heavy atom. The van der Waals surface area contributed by atoms with Crippen molar-refractivity contribution in [2.75, 3.05) is 18.8 Å². The Bertz CT molecular complexity index is 1540. The molecule has 1 saturated carbocycles. The normalized spacial score (nSPS) is 23.1. The van der Waals surface area contributed by atoms with Crippen LogP contribution in [-0.4, -0.2) is 70.1 Å². The van der Waals surface area contributed by atoms with E-state index in [0.717, 1.165) is 30.2 Å². The molecule has 9 nitrogen and oxygen atoms in total. The average molecular weight is 592 g/mol. The van der Waals surface area contributed by atoms with E-state index in [4.69, 9.17) is 10.2 Å². The van der Waals surface area contributed by atoms with Crippen LogP contribution in [0.15, 0.2) is 78.0 Å². The lowest BCUT2D eigenvalue weighted by atomic mass is 9.75. The molecule has 10 heteroatoms. The summed E-state index contributed by atoms with van der Waals surface area (Å²) < 4.78 is 27.2. The van der Waals surface area contributed by atoms with Gasteiger partial charge in [0, 0.05) is 50.4 Å². The highest BCUT2D eigenvalue weighted by Gasteiger charge is 2.48. The van der Waals surface area contributed by atoms with E-state index >= 15 is 0 Å². The molecule has 0 radical (unpaired) electrons. The molecule has 3 aromatic rings. The van der Waals surface area contributed by atoms with E-state index in [1.54, 1.807) is 17.9 Å². The van der Waals surface area contributed by atoms with Crippen LogP contribution < -0.4 is 0 Å². The lowest BCUT2D eigenvalue weighted by Gasteiger charge is -2.40. The maximum Gasteiger partial charge on any atom is 0.328 e. The van der Waals surface area contributed by atoms with Gasteiger partial charge in [0.25, 0.3) is 0 Å². The van der Waals surface area contributed by atoms with Crippen LogP contribution in [0, 0.1) is 11.8 Å². The predicted octanol–water partition coefficient (Wildman–Crippen LogP) is 3.74. The van der Waals surface area contributed by atoms with E-state index in [1.165, 1.54) is 48.8 Å². The van der Waals surface area contributed by atoms with Crippen molar-refractivity contribution >= 4 is 21.8 Å². The van der Waals surface area contributed by atoms with Crippen molar-refractivity contribution in [1.29, 1.82) is 0 Å². The van der Waals surface area contributed by atoms with E-state index in [1.807, 2.05) is 0 Å². The largest absolute Gasteiger partial charge is 0.478 e. The van der Waals surface area contributed by atoms with Crippen molar-refractivity contribution in [2.45, 2.75) is 49.0 Å². The predicted molar refractivity (Wildman–Crippen MR) is 158 cm³/mol. The molecule has 2 N–H and O–H groups in total. The van der Waals surface area contributed by atoms with Crippen LogP contribution in [0.5, 0.6) is 0 Å². The fourth-order valence-electron chi connectivity index (χ4n) is 6.41. The first-order valence-electron chi connectivity index (χ1n) is 14.3. The molecule has 2 aliphatic carbocycles. The molecule has 1 aliphatic heterocycles. The van der Waals surface area contributed by atoms with Gasteiger partial charge in [-0.2, -0.15) is 5.10 Å². The number of carboxylic acid groups (broad SMARTS) is 2. The molecule has 0 spiro atoms. The summed E-state index contributed by atoms with van der Waals surface area (Å²) in [7, 11) is -1.59. The first-order chi connectivity index (χ1) is 20.1. The van der Waals surface area contributed by atoms with Gasteiger partial charge in [0.05, 0.1) is 11.9 Å². The summed E-state index contributed by atoms with van der Waals surface area (Å²) in [5.41, 5.74) is 5.39. The number of hydrogen-bond acceptors (Lipinski definition) is 6. The van der Waals surface area contributed by atoms with Crippen LogP contribution in [0.2, 0.25) is 0 Å². The van der Waals surface area contributed by atoms with Gasteiger partial charge in [-0.15, -0.1) is 0 Å². The Morgan fingerprint density at radius 2 is 1.69 bits per heavy atom. The zero-order valence-electron chi connectivity index (χ0n) is 23.7. The van der Waals surface area contributed by atoms with Gasteiger partial charge in [0.2, 0.25) is 0 Å². The van der Waals surface area contributed by atoms with Crippen molar-refractivity contribution in [1.82, 2.24) is 14.7 Å². The first-order valence-corrected chi connectivity index (χ1v) is 16.0. The van der Waals surface area contributed by atoms with Gasteiger partial charge in [-0.05, 0) is 66.2 Å². The number of benzene rings is 2. The Labute approximate surface area is 246 Å². The summed E-state index contributed by atoms with van der Waals surface area (Å²) in [5.74, 6) is -0.0800. The maximum atomic E-state index is 12.8. The minimum absolute atomic E-state index is 0.111. The highest BCUT2D eigenvalue weighted by Crippen LogP contribution is 2.48. The monoisotopic (exact) mass is 591 g/mol. The molecule has 2 fully saturated rings. The molecule has 3 aliphatic rings. The van der Waals surface area contributed by atoms with Crippen molar-refractivity contribution in [3.05, 3.63) is 95.3 Å². The summed E-state index contributed by atoms with van der Waals surface area (Å²) in [6.07, 6.45) is 9.49. The van der Waals surface area contributed by atoms with Gasteiger partial charge in [-0.25, -0.2) is 18.0 Å². The minimum Gasteiger partial charge on any atom is -0.478 e. The van der Waals surface area contributed by atoms with Crippen LogP contribution >= 0.6 is 0 Å². The van der Waals surface area contributed by atoms with Crippen molar-refractivity contribution in [2.24, 2.45) is 18.9 Å². The van der Waals surface area contributed by atoms with Gasteiger partial charge >= 0.3 is 11.9 Å². The lowest BCUT2D eigenvalue weighted by molar-refractivity contribution is -0.134. The van der Waals surface area contributed by atoms with E-state index in [-0.39, 0.29) is 5.75 Å². The Kier molecular flexibility index (Phi) is 8.93. The van der Waals surface area contributed by atoms with Crippen LogP contribution in [-0.2, 0) is 45.7 Å². The summed E-state index contributed by atoms with van der Waals surface area (Å²) in [5, 5.41) is 19.7. The van der Waals surface area contributed by atoms with Crippen LogP contribution in [0.1, 0.15) is 41.0 Å². The molecule has 2 aromatic carbocycles. The highest BCUT2D eigenvalue weighted by molar-refractivity contribution is 7.91. The van der Waals surface area contributed by atoms with Gasteiger partial charge in [-0.1, -0.05) is 48.5 Å². The van der Waals surface area contributed by atoms with E-state index in [9.17, 15) is 18.0 Å². The third-order valence-corrected chi connectivity index (χ3v) is 10.3. The number of hydrogen-bond donors (Lipinski definition) is 2. The SMILES string of the molecule is Cn1cc(S(=O)(=O)CCc2ccc3c(c2)C(Cc2ccccc2)C(N2CC4CC4C2)CC3)cn1.O=C(O)/C=C/C(=O)O. The molecular weight excluding hydrogens is 554 g/mol. The Balaban J connectivity index is 0.000000390. The number of fused-ring (bicyclic) bond motifs is 2. The smallest absolute Gasteiger partial charge is 0.328 e. The van der Waals surface area contributed by atoms with Crippen molar-refractivity contribution in [3.63, 3.8) is 0 Å². The fraction of sp³-hybridized carbons (Fsp3) is 0.406. The van der Waals surface area contributed by atoms with Crippen molar-refractivity contribution < 1.29 is 28.2 Å². The lowest BCUT2D eigenvalue weighted by Crippen LogP contribution is -2.42. The minimum atomic E-state index is -3.34. The van der Waals surface area contributed by atoms with Crippen LogP contribution in [0.3, 0.4) is 0 Å². The number of likely N-dealkylation sites (tertiary alicyclic amines) is 1. The number of rotatable bonds is 9. The number of aromatic nitrogens is 2. The zero-order valence-corrected chi connectivity index (χ0v) is 24.5. The molecule has 0 amide bonds. The molecule has 0 bridgehead atoms. The average Bonchev–Trinajstić information content (AvgIpc) is 3.32. The molecule has 1 aromatic heterocycles. The number of carboxylic acids is 2. The zero-order chi connectivity index (χ0) is 29.9. The topological polar surface area (TPSA) is 130 Å². The summed E-state index contributed by atoms with van der Waals surface area (Å²) in [6, 6.07) is 18.2. The number of aliphatic carboxylic acids is 2. The van der Waals surface area contributed by atoms with Gasteiger partial charge in [0.15, 0.2) is 9.84 Å².